The van der Waals surface area contributed by atoms with E-state index in [1.54, 1.807) is 17.8 Å². The van der Waals surface area contributed by atoms with Gasteiger partial charge in [-0.15, -0.1) is 22.0 Å². The molecule has 0 radical (unpaired) electrons. The first-order valence-corrected chi connectivity index (χ1v) is 10.9. The normalized spacial score (nSPS) is 14.0. The lowest BCUT2D eigenvalue weighted by atomic mass is 10.2. The van der Waals surface area contributed by atoms with Gasteiger partial charge in [0.15, 0.2) is 5.82 Å². The van der Waals surface area contributed by atoms with Crippen LogP contribution in [0.25, 0.3) is 0 Å². The number of para-hydroxylation sites is 1. The molecule has 2 heterocycles. The van der Waals surface area contributed by atoms with Crippen LogP contribution in [0.2, 0.25) is 5.02 Å². The minimum Gasteiger partial charge on any atom is -0.367 e. The van der Waals surface area contributed by atoms with Crippen LogP contribution in [0.4, 0.5) is 11.5 Å². The standard InChI is InChI=1S/C20H24ClN5O2S/c1-15(27)22-18-8-9-19(24-23-18)29-14-4-7-20(28)26-12-10-25(11-13-26)17-6-3-2-5-16(17)21/h2-3,5-6,8-9H,4,7,10-14H2,1H3,(H,22,23,27). The van der Waals surface area contributed by atoms with Crippen molar-refractivity contribution in [2.24, 2.45) is 0 Å². The van der Waals surface area contributed by atoms with E-state index in [-0.39, 0.29) is 11.8 Å². The van der Waals surface area contributed by atoms with Crippen LogP contribution in [0.3, 0.4) is 0 Å². The highest BCUT2D eigenvalue weighted by Crippen LogP contribution is 2.26. The summed E-state index contributed by atoms with van der Waals surface area (Å²) in [5.41, 5.74) is 1.03. The molecule has 1 aromatic carbocycles. The summed E-state index contributed by atoms with van der Waals surface area (Å²) in [5, 5.41) is 12.1. The summed E-state index contributed by atoms with van der Waals surface area (Å²) in [7, 11) is 0. The molecule has 1 aliphatic rings. The van der Waals surface area contributed by atoms with Gasteiger partial charge in [-0.2, -0.15) is 0 Å². The SMILES string of the molecule is CC(=O)Nc1ccc(SCCCC(=O)N2CCN(c3ccccc3Cl)CC2)nn1. The van der Waals surface area contributed by atoms with Crippen LogP contribution < -0.4 is 10.2 Å². The van der Waals surface area contributed by atoms with Crippen molar-refractivity contribution < 1.29 is 9.59 Å². The van der Waals surface area contributed by atoms with Crippen LogP contribution in [0.5, 0.6) is 0 Å². The Morgan fingerprint density at radius 1 is 1.10 bits per heavy atom. The Hall–Kier alpha value is -2.32. The van der Waals surface area contributed by atoms with E-state index in [2.05, 4.69) is 20.4 Å². The van der Waals surface area contributed by atoms with Crippen molar-refractivity contribution in [1.29, 1.82) is 0 Å². The predicted octanol–water partition coefficient (Wildman–Crippen LogP) is 3.31. The van der Waals surface area contributed by atoms with Crippen molar-refractivity contribution in [3.63, 3.8) is 0 Å². The fourth-order valence-corrected chi connectivity index (χ4v) is 4.12. The third-order valence-corrected chi connectivity index (χ3v) is 5.88. The van der Waals surface area contributed by atoms with Crippen LogP contribution in [0, 0.1) is 0 Å². The molecule has 1 aromatic heterocycles. The zero-order valence-electron chi connectivity index (χ0n) is 16.3. The Bertz CT molecular complexity index is 841. The topological polar surface area (TPSA) is 78.4 Å². The molecule has 0 saturated carbocycles. The number of hydrogen-bond acceptors (Lipinski definition) is 6. The van der Waals surface area contributed by atoms with Crippen LogP contribution in [-0.2, 0) is 9.59 Å². The van der Waals surface area contributed by atoms with E-state index in [4.69, 9.17) is 11.6 Å². The second kappa shape index (κ2) is 10.5. The summed E-state index contributed by atoms with van der Waals surface area (Å²) in [6.07, 6.45) is 1.31. The second-order valence-electron chi connectivity index (χ2n) is 6.71. The molecule has 3 rings (SSSR count). The Labute approximate surface area is 179 Å². The molecule has 1 aliphatic heterocycles. The number of aromatic nitrogens is 2. The summed E-state index contributed by atoms with van der Waals surface area (Å²) in [5.74, 6) is 1.25. The number of nitrogens with zero attached hydrogens (tertiary/aromatic N) is 4. The molecule has 1 saturated heterocycles. The van der Waals surface area contributed by atoms with E-state index in [1.807, 2.05) is 35.2 Å². The van der Waals surface area contributed by atoms with Crippen LogP contribution >= 0.6 is 23.4 Å². The van der Waals surface area contributed by atoms with E-state index in [9.17, 15) is 9.59 Å². The lowest BCUT2D eigenvalue weighted by Crippen LogP contribution is -2.48. The molecule has 1 N–H and O–H groups in total. The summed E-state index contributed by atoms with van der Waals surface area (Å²) in [6.45, 7) is 4.44. The fraction of sp³-hybridized carbons (Fsp3) is 0.400. The molecule has 0 unspecified atom stereocenters. The monoisotopic (exact) mass is 433 g/mol. The molecule has 0 bridgehead atoms. The fourth-order valence-electron chi connectivity index (χ4n) is 3.11. The Morgan fingerprint density at radius 2 is 1.86 bits per heavy atom. The quantitative estimate of drug-likeness (QED) is 0.533. The zero-order valence-corrected chi connectivity index (χ0v) is 17.9. The van der Waals surface area contributed by atoms with Gasteiger partial charge in [0.25, 0.3) is 0 Å². The van der Waals surface area contributed by atoms with Crippen molar-refractivity contribution in [2.75, 3.05) is 42.1 Å². The molecule has 154 valence electrons. The zero-order chi connectivity index (χ0) is 20.6. The van der Waals surface area contributed by atoms with Gasteiger partial charge in [0.2, 0.25) is 11.8 Å². The molecular formula is C20H24ClN5O2S. The minimum atomic E-state index is -0.175. The van der Waals surface area contributed by atoms with E-state index in [0.29, 0.717) is 25.3 Å². The molecule has 0 aliphatic carbocycles. The molecule has 29 heavy (non-hydrogen) atoms. The maximum Gasteiger partial charge on any atom is 0.222 e. The summed E-state index contributed by atoms with van der Waals surface area (Å²) >= 11 is 7.83. The van der Waals surface area contributed by atoms with E-state index in [0.717, 1.165) is 41.0 Å². The predicted molar refractivity (Wildman–Crippen MR) is 117 cm³/mol. The van der Waals surface area contributed by atoms with E-state index in [1.165, 1.54) is 6.92 Å². The Balaban J connectivity index is 1.36. The van der Waals surface area contributed by atoms with E-state index >= 15 is 0 Å². The number of nitrogens with one attached hydrogen (secondary N) is 1. The molecule has 7 nitrogen and oxygen atoms in total. The highest BCUT2D eigenvalue weighted by atomic mass is 35.5. The summed E-state index contributed by atoms with van der Waals surface area (Å²) in [4.78, 5) is 27.6. The Morgan fingerprint density at radius 3 is 2.52 bits per heavy atom. The van der Waals surface area contributed by atoms with Gasteiger partial charge in [0.05, 0.1) is 10.7 Å². The second-order valence-corrected chi connectivity index (χ2v) is 8.23. The molecule has 9 heteroatoms. The number of carbonyl (C=O) groups excluding carboxylic acids is 2. The van der Waals surface area contributed by atoms with Crippen molar-refractivity contribution in [1.82, 2.24) is 15.1 Å². The number of carbonyl (C=O) groups is 2. The van der Waals surface area contributed by atoms with Gasteiger partial charge in [-0.05, 0) is 30.7 Å². The van der Waals surface area contributed by atoms with Gasteiger partial charge in [-0.1, -0.05) is 23.7 Å². The van der Waals surface area contributed by atoms with Crippen molar-refractivity contribution in [3.05, 3.63) is 41.4 Å². The minimum absolute atomic E-state index is 0.175. The number of amides is 2. The number of halogens is 1. The van der Waals surface area contributed by atoms with E-state index < -0.39 is 0 Å². The van der Waals surface area contributed by atoms with Gasteiger partial charge >= 0.3 is 0 Å². The number of rotatable bonds is 7. The van der Waals surface area contributed by atoms with Crippen molar-refractivity contribution >= 4 is 46.7 Å². The maximum absolute atomic E-state index is 12.5. The number of anilines is 2. The summed E-state index contributed by atoms with van der Waals surface area (Å²) in [6, 6.07) is 11.4. The number of thioether (sulfide) groups is 1. The first-order chi connectivity index (χ1) is 14.0. The third-order valence-electron chi connectivity index (χ3n) is 4.55. The molecule has 2 amide bonds. The first-order valence-electron chi connectivity index (χ1n) is 9.54. The number of piperazine rings is 1. The van der Waals surface area contributed by atoms with Crippen LogP contribution in [0.15, 0.2) is 41.4 Å². The first kappa shape index (κ1) is 21.4. The van der Waals surface area contributed by atoms with Gasteiger partial charge < -0.3 is 15.1 Å². The van der Waals surface area contributed by atoms with Gasteiger partial charge in [-0.25, -0.2) is 0 Å². The van der Waals surface area contributed by atoms with Gasteiger partial charge in [-0.3, -0.25) is 9.59 Å². The summed E-state index contributed by atoms with van der Waals surface area (Å²) < 4.78 is 0. The molecular weight excluding hydrogens is 410 g/mol. The average molecular weight is 434 g/mol. The number of hydrogen-bond donors (Lipinski definition) is 1. The average Bonchev–Trinajstić information content (AvgIpc) is 2.72. The van der Waals surface area contributed by atoms with Crippen molar-refractivity contribution in [2.45, 2.75) is 24.8 Å². The maximum atomic E-state index is 12.5. The van der Waals surface area contributed by atoms with Gasteiger partial charge in [0, 0.05) is 45.3 Å². The largest absolute Gasteiger partial charge is 0.367 e. The van der Waals surface area contributed by atoms with Crippen molar-refractivity contribution in [3.8, 4) is 0 Å². The molecule has 1 fully saturated rings. The van der Waals surface area contributed by atoms with Crippen LogP contribution in [0.1, 0.15) is 19.8 Å². The highest BCUT2D eigenvalue weighted by molar-refractivity contribution is 7.99. The van der Waals surface area contributed by atoms with Crippen LogP contribution in [-0.4, -0.2) is 58.8 Å². The lowest BCUT2D eigenvalue weighted by molar-refractivity contribution is -0.131. The smallest absolute Gasteiger partial charge is 0.222 e. The Kier molecular flexibility index (Phi) is 7.71. The number of benzene rings is 1. The molecule has 2 aromatic rings. The van der Waals surface area contributed by atoms with Gasteiger partial charge in [0.1, 0.15) is 5.03 Å². The lowest BCUT2D eigenvalue weighted by Gasteiger charge is -2.36. The highest BCUT2D eigenvalue weighted by Gasteiger charge is 2.21. The molecule has 0 atom stereocenters. The third kappa shape index (κ3) is 6.33. The molecule has 0 spiro atoms.